The maximum atomic E-state index is 11.7. The highest BCUT2D eigenvalue weighted by molar-refractivity contribution is 5.91. The van der Waals surface area contributed by atoms with Crippen LogP contribution < -0.4 is 10.6 Å². The number of aromatic nitrogens is 2. The standard InChI is InChI=1S/C13H23N5O/c1-10(2)18(9-5-8-14)12-7-6-11(15-16-12)13(19)17(3)4/h6-7,10H,5,8-9,14H2,1-4H3. The van der Waals surface area contributed by atoms with E-state index < -0.39 is 0 Å². The van der Waals surface area contributed by atoms with Crippen LogP contribution in [0.4, 0.5) is 5.82 Å². The van der Waals surface area contributed by atoms with Crippen molar-refractivity contribution in [3.8, 4) is 0 Å². The Hall–Kier alpha value is -1.69. The van der Waals surface area contributed by atoms with Crippen molar-refractivity contribution in [2.75, 3.05) is 32.1 Å². The van der Waals surface area contributed by atoms with E-state index in [2.05, 4.69) is 28.9 Å². The minimum Gasteiger partial charge on any atom is -0.353 e. The molecule has 1 aromatic heterocycles. The van der Waals surface area contributed by atoms with Crippen LogP contribution >= 0.6 is 0 Å². The van der Waals surface area contributed by atoms with Crippen LogP contribution in [0, 0.1) is 0 Å². The van der Waals surface area contributed by atoms with Crippen LogP contribution in [0.1, 0.15) is 30.8 Å². The molecule has 6 nitrogen and oxygen atoms in total. The molecule has 0 aliphatic rings. The Morgan fingerprint density at radius 3 is 2.42 bits per heavy atom. The van der Waals surface area contributed by atoms with Crippen LogP contribution in [-0.4, -0.2) is 54.2 Å². The van der Waals surface area contributed by atoms with Gasteiger partial charge in [0.05, 0.1) is 0 Å². The number of carbonyl (C=O) groups is 1. The van der Waals surface area contributed by atoms with Gasteiger partial charge in [-0.3, -0.25) is 4.79 Å². The maximum Gasteiger partial charge on any atom is 0.273 e. The molecule has 0 fully saturated rings. The van der Waals surface area contributed by atoms with Crippen LogP contribution in [0.5, 0.6) is 0 Å². The summed E-state index contributed by atoms with van der Waals surface area (Å²) >= 11 is 0. The normalized spacial score (nSPS) is 10.6. The summed E-state index contributed by atoms with van der Waals surface area (Å²) in [6, 6.07) is 3.86. The first kappa shape index (κ1) is 15.4. The molecule has 0 radical (unpaired) electrons. The van der Waals surface area contributed by atoms with E-state index in [1.54, 1.807) is 20.2 Å². The fraction of sp³-hybridized carbons (Fsp3) is 0.615. The van der Waals surface area contributed by atoms with E-state index in [0.29, 0.717) is 18.3 Å². The Bertz CT molecular complexity index is 402. The highest BCUT2D eigenvalue weighted by Crippen LogP contribution is 2.13. The van der Waals surface area contributed by atoms with Gasteiger partial charge in [-0.25, -0.2) is 0 Å². The molecule has 0 unspecified atom stereocenters. The first-order valence-electron chi connectivity index (χ1n) is 6.49. The monoisotopic (exact) mass is 265 g/mol. The van der Waals surface area contributed by atoms with Crippen LogP contribution in [0.15, 0.2) is 12.1 Å². The van der Waals surface area contributed by atoms with Crippen LogP contribution in [0.25, 0.3) is 0 Å². The topological polar surface area (TPSA) is 75.3 Å². The Balaban J connectivity index is 2.86. The summed E-state index contributed by atoms with van der Waals surface area (Å²) in [6.45, 7) is 5.67. The van der Waals surface area contributed by atoms with Gasteiger partial charge in [-0.2, -0.15) is 0 Å². The molecule has 0 spiro atoms. The van der Waals surface area contributed by atoms with Gasteiger partial charge < -0.3 is 15.5 Å². The lowest BCUT2D eigenvalue weighted by Gasteiger charge is -2.27. The zero-order chi connectivity index (χ0) is 14.4. The summed E-state index contributed by atoms with van der Waals surface area (Å²) in [5, 5.41) is 8.14. The molecular weight excluding hydrogens is 242 g/mol. The quantitative estimate of drug-likeness (QED) is 0.821. The molecule has 0 aromatic carbocycles. The molecule has 0 aliphatic heterocycles. The molecule has 106 valence electrons. The Kier molecular flexibility index (Phi) is 5.69. The largest absolute Gasteiger partial charge is 0.353 e. The second kappa shape index (κ2) is 7.04. The molecule has 1 aromatic rings. The summed E-state index contributed by atoms with van der Waals surface area (Å²) in [5.41, 5.74) is 5.90. The number of hydrogen-bond donors (Lipinski definition) is 1. The molecule has 0 aliphatic carbocycles. The predicted molar refractivity (Wildman–Crippen MR) is 76.2 cm³/mol. The SMILES string of the molecule is CC(C)N(CCCN)c1ccc(C(=O)N(C)C)nn1. The number of amides is 1. The van der Waals surface area contributed by atoms with Crippen molar-refractivity contribution in [1.29, 1.82) is 0 Å². The van der Waals surface area contributed by atoms with Gasteiger partial charge in [0, 0.05) is 26.7 Å². The lowest BCUT2D eigenvalue weighted by molar-refractivity contribution is 0.0821. The van der Waals surface area contributed by atoms with E-state index >= 15 is 0 Å². The smallest absolute Gasteiger partial charge is 0.273 e. The maximum absolute atomic E-state index is 11.7. The Labute approximate surface area is 114 Å². The first-order chi connectivity index (χ1) is 8.97. The van der Waals surface area contributed by atoms with E-state index in [9.17, 15) is 4.79 Å². The third-order valence-corrected chi connectivity index (χ3v) is 2.80. The van der Waals surface area contributed by atoms with E-state index in [0.717, 1.165) is 18.8 Å². The van der Waals surface area contributed by atoms with Crippen LogP contribution in [0.3, 0.4) is 0 Å². The number of anilines is 1. The van der Waals surface area contributed by atoms with Gasteiger partial charge in [0.15, 0.2) is 11.5 Å². The van der Waals surface area contributed by atoms with Crippen molar-refractivity contribution in [3.63, 3.8) is 0 Å². The fourth-order valence-corrected chi connectivity index (χ4v) is 1.72. The van der Waals surface area contributed by atoms with Crippen LogP contribution in [-0.2, 0) is 0 Å². The predicted octanol–water partition coefficient (Wildman–Crippen LogP) is 0.742. The second-order valence-corrected chi connectivity index (χ2v) is 4.91. The molecular formula is C13H23N5O. The van der Waals surface area contributed by atoms with E-state index in [-0.39, 0.29) is 5.91 Å². The Morgan fingerprint density at radius 2 is 2.00 bits per heavy atom. The van der Waals surface area contributed by atoms with E-state index in [4.69, 9.17) is 5.73 Å². The molecule has 0 saturated carbocycles. The van der Waals surface area contributed by atoms with Crippen molar-refractivity contribution in [2.24, 2.45) is 5.73 Å². The van der Waals surface area contributed by atoms with Crippen molar-refractivity contribution in [1.82, 2.24) is 15.1 Å². The lowest BCUT2D eigenvalue weighted by atomic mass is 10.2. The lowest BCUT2D eigenvalue weighted by Crippen LogP contribution is -2.34. The first-order valence-corrected chi connectivity index (χ1v) is 6.49. The summed E-state index contributed by atoms with van der Waals surface area (Å²) < 4.78 is 0. The third kappa shape index (κ3) is 4.17. The third-order valence-electron chi connectivity index (χ3n) is 2.80. The van der Waals surface area contributed by atoms with Gasteiger partial charge in [0.1, 0.15) is 0 Å². The van der Waals surface area contributed by atoms with Gasteiger partial charge in [-0.05, 0) is 38.9 Å². The van der Waals surface area contributed by atoms with Gasteiger partial charge >= 0.3 is 0 Å². The molecule has 1 heterocycles. The van der Waals surface area contributed by atoms with Gasteiger partial charge in [0.25, 0.3) is 5.91 Å². The summed E-state index contributed by atoms with van der Waals surface area (Å²) in [6.07, 6.45) is 0.901. The zero-order valence-electron chi connectivity index (χ0n) is 12.1. The molecule has 6 heteroatoms. The van der Waals surface area contributed by atoms with Crippen molar-refractivity contribution in [3.05, 3.63) is 17.8 Å². The van der Waals surface area contributed by atoms with Crippen molar-refractivity contribution < 1.29 is 4.79 Å². The molecule has 2 N–H and O–H groups in total. The van der Waals surface area contributed by atoms with Crippen molar-refractivity contribution >= 4 is 11.7 Å². The fourth-order valence-electron chi connectivity index (χ4n) is 1.72. The number of nitrogens with two attached hydrogens (primary N) is 1. The zero-order valence-corrected chi connectivity index (χ0v) is 12.1. The molecule has 19 heavy (non-hydrogen) atoms. The second-order valence-electron chi connectivity index (χ2n) is 4.91. The summed E-state index contributed by atoms with van der Waals surface area (Å²) in [5.74, 6) is 0.635. The number of carbonyl (C=O) groups excluding carboxylic acids is 1. The molecule has 0 saturated heterocycles. The highest BCUT2D eigenvalue weighted by atomic mass is 16.2. The Morgan fingerprint density at radius 1 is 1.32 bits per heavy atom. The van der Waals surface area contributed by atoms with Gasteiger partial charge in [-0.1, -0.05) is 0 Å². The van der Waals surface area contributed by atoms with E-state index in [1.165, 1.54) is 4.90 Å². The average Bonchev–Trinajstić information content (AvgIpc) is 2.38. The highest BCUT2D eigenvalue weighted by Gasteiger charge is 2.14. The molecule has 0 atom stereocenters. The van der Waals surface area contributed by atoms with Crippen LogP contribution in [0.2, 0.25) is 0 Å². The minimum atomic E-state index is -0.142. The minimum absolute atomic E-state index is 0.142. The molecule has 1 rings (SSSR count). The molecule has 1 amide bonds. The van der Waals surface area contributed by atoms with E-state index in [1.807, 2.05) is 6.07 Å². The van der Waals surface area contributed by atoms with Crippen molar-refractivity contribution in [2.45, 2.75) is 26.3 Å². The average molecular weight is 265 g/mol. The number of hydrogen-bond acceptors (Lipinski definition) is 5. The molecule has 0 bridgehead atoms. The summed E-state index contributed by atoms with van der Waals surface area (Å²) in [4.78, 5) is 15.3. The number of rotatable bonds is 6. The summed E-state index contributed by atoms with van der Waals surface area (Å²) in [7, 11) is 3.39. The number of nitrogens with zero attached hydrogens (tertiary/aromatic N) is 4. The van der Waals surface area contributed by atoms with Gasteiger partial charge in [-0.15, -0.1) is 10.2 Å². The van der Waals surface area contributed by atoms with Gasteiger partial charge in [0.2, 0.25) is 0 Å².